The summed E-state index contributed by atoms with van der Waals surface area (Å²) in [6, 6.07) is 0.723. The van der Waals surface area contributed by atoms with Crippen molar-refractivity contribution in [1.29, 1.82) is 0 Å². The Labute approximate surface area is 94.7 Å². The minimum absolute atomic E-state index is 0.723. The molecule has 1 aliphatic rings. The van der Waals surface area contributed by atoms with E-state index in [-0.39, 0.29) is 0 Å². The molecule has 1 rings (SSSR count). The molecule has 0 saturated carbocycles. The van der Waals surface area contributed by atoms with Crippen LogP contribution < -0.4 is 5.32 Å². The van der Waals surface area contributed by atoms with E-state index < -0.39 is 0 Å². The number of likely N-dealkylation sites (N-methyl/N-ethyl adjacent to an activating group) is 1. The van der Waals surface area contributed by atoms with Gasteiger partial charge in [0.25, 0.3) is 0 Å². The number of unbranched alkanes of at least 4 members (excludes halogenated alkanes) is 1. The molecule has 0 radical (unpaired) electrons. The first-order valence-corrected chi connectivity index (χ1v) is 6.35. The van der Waals surface area contributed by atoms with Crippen molar-refractivity contribution in [2.45, 2.75) is 44.6 Å². The van der Waals surface area contributed by atoms with Crippen LogP contribution in [0.1, 0.15) is 38.5 Å². The SMILES string of the molecule is C=CCCCN(C)CC1CCCCCN1. The van der Waals surface area contributed by atoms with Gasteiger partial charge in [-0.2, -0.15) is 0 Å². The molecule has 2 heteroatoms. The molecule has 1 fully saturated rings. The van der Waals surface area contributed by atoms with E-state index >= 15 is 0 Å². The molecule has 1 atom stereocenters. The fraction of sp³-hybridized carbons (Fsp3) is 0.846. The van der Waals surface area contributed by atoms with Crippen LogP contribution in [-0.2, 0) is 0 Å². The van der Waals surface area contributed by atoms with Crippen LogP contribution >= 0.6 is 0 Å². The van der Waals surface area contributed by atoms with Crippen molar-refractivity contribution in [3.8, 4) is 0 Å². The van der Waals surface area contributed by atoms with Crippen LogP contribution in [0, 0.1) is 0 Å². The maximum atomic E-state index is 3.75. The summed E-state index contributed by atoms with van der Waals surface area (Å²) in [5.74, 6) is 0. The predicted molar refractivity (Wildman–Crippen MR) is 67.2 cm³/mol. The zero-order chi connectivity index (χ0) is 10.9. The Morgan fingerprint density at radius 2 is 2.27 bits per heavy atom. The topological polar surface area (TPSA) is 15.3 Å². The third kappa shape index (κ3) is 5.95. The Morgan fingerprint density at radius 3 is 3.07 bits per heavy atom. The monoisotopic (exact) mass is 210 g/mol. The van der Waals surface area contributed by atoms with E-state index in [1.807, 2.05) is 6.08 Å². The van der Waals surface area contributed by atoms with E-state index in [9.17, 15) is 0 Å². The first kappa shape index (κ1) is 12.7. The third-order valence-electron chi connectivity index (χ3n) is 3.14. The molecule has 1 N–H and O–H groups in total. The quantitative estimate of drug-likeness (QED) is 0.535. The third-order valence-corrected chi connectivity index (χ3v) is 3.14. The first-order chi connectivity index (χ1) is 7.33. The van der Waals surface area contributed by atoms with Crippen molar-refractivity contribution >= 4 is 0 Å². The summed E-state index contributed by atoms with van der Waals surface area (Å²) in [6.45, 7) is 7.37. The number of allylic oxidation sites excluding steroid dienone is 1. The summed E-state index contributed by atoms with van der Waals surface area (Å²) in [4.78, 5) is 2.45. The van der Waals surface area contributed by atoms with Gasteiger partial charge in [-0.15, -0.1) is 6.58 Å². The normalized spacial score (nSPS) is 22.7. The van der Waals surface area contributed by atoms with Crippen LogP contribution in [0.2, 0.25) is 0 Å². The van der Waals surface area contributed by atoms with Gasteiger partial charge in [0.15, 0.2) is 0 Å². The highest BCUT2D eigenvalue weighted by Gasteiger charge is 2.12. The molecule has 0 aliphatic carbocycles. The lowest BCUT2D eigenvalue weighted by molar-refractivity contribution is 0.283. The maximum absolute atomic E-state index is 3.75. The fourth-order valence-electron chi connectivity index (χ4n) is 2.23. The summed E-state index contributed by atoms with van der Waals surface area (Å²) in [6.07, 6.45) is 9.91. The Kier molecular flexibility index (Phi) is 6.69. The van der Waals surface area contributed by atoms with Gasteiger partial charge in [-0.25, -0.2) is 0 Å². The van der Waals surface area contributed by atoms with E-state index in [4.69, 9.17) is 0 Å². The van der Waals surface area contributed by atoms with E-state index in [1.165, 1.54) is 51.7 Å². The molecule has 1 saturated heterocycles. The Hall–Kier alpha value is -0.340. The van der Waals surface area contributed by atoms with Crippen molar-refractivity contribution in [2.75, 3.05) is 26.7 Å². The lowest BCUT2D eigenvalue weighted by atomic mass is 10.1. The Bertz CT molecular complexity index is 160. The van der Waals surface area contributed by atoms with Crippen molar-refractivity contribution in [3.63, 3.8) is 0 Å². The smallest absolute Gasteiger partial charge is 0.0194 e. The van der Waals surface area contributed by atoms with Gasteiger partial charge in [-0.1, -0.05) is 18.9 Å². The molecule has 0 spiro atoms. The zero-order valence-corrected chi connectivity index (χ0v) is 10.2. The second-order valence-corrected chi connectivity index (χ2v) is 4.69. The molecule has 0 aromatic carbocycles. The maximum Gasteiger partial charge on any atom is 0.0194 e. The lowest BCUT2D eigenvalue weighted by Gasteiger charge is -2.23. The number of nitrogens with one attached hydrogen (secondary N) is 1. The number of rotatable bonds is 6. The highest BCUT2D eigenvalue weighted by molar-refractivity contribution is 4.74. The van der Waals surface area contributed by atoms with Crippen molar-refractivity contribution < 1.29 is 0 Å². The predicted octanol–water partition coefficient (Wildman–Crippen LogP) is 2.42. The number of nitrogens with zero attached hydrogens (tertiary/aromatic N) is 1. The molecule has 88 valence electrons. The van der Waals surface area contributed by atoms with Crippen LogP contribution in [0.15, 0.2) is 12.7 Å². The molecule has 0 amide bonds. The lowest BCUT2D eigenvalue weighted by Crippen LogP contribution is -2.39. The minimum Gasteiger partial charge on any atom is -0.313 e. The summed E-state index contributed by atoms with van der Waals surface area (Å²) in [5, 5.41) is 3.64. The van der Waals surface area contributed by atoms with Crippen LogP contribution in [0.4, 0.5) is 0 Å². The fourth-order valence-corrected chi connectivity index (χ4v) is 2.23. The summed E-state index contributed by atoms with van der Waals surface area (Å²) < 4.78 is 0. The average molecular weight is 210 g/mol. The van der Waals surface area contributed by atoms with Gasteiger partial charge in [-0.05, 0) is 45.8 Å². The van der Waals surface area contributed by atoms with Crippen molar-refractivity contribution in [1.82, 2.24) is 10.2 Å². The van der Waals surface area contributed by atoms with Gasteiger partial charge in [0.1, 0.15) is 0 Å². The molecule has 15 heavy (non-hydrogen) atoms. The average Bonchev–Trinajstić information content (AvgIpc) is 2.47. The van der Waals surface area contributed by atoms with Crippen molar-refractivity contribution in [3.05, 3.63) is 12.7 Å². The molecule has 1 heterocycles. The van der Waals surface area contributed by atoms with Gasteiger partial charge in [0.05, 0.1) is 0 Å². The molecule has 0 bridgehead atoms. The molecule has 0 aromatic heterocycles. The van der Waals surface area contributed by atoms with Gasteiger partial charge >= 0.3 is 0 Å². The van der Waals surface area contributed by atoms with Crippen LogP contribution in [0.5, 0.6) is 0 Å². The van der Waals surface area contributed by atoms with E-state index in [2.05, 4.69) is 23.8 Å². The molecule has 1 unspecified atom stereocenters. The van der Waals surface area contributed by atoms with Crippen LogP contribution in [0.3, 0.4) is 0 Å². The zero-order valence-electron chi connectivity index (χ0n) is 10.2. The van der Waals surface area contributed by atoms with Crippen LogP contribution in [0.25, 0.3) is 0 Å². The molecular formula is C13H26N2. The van der Waals surface area contributed by atoms with Crippen LogP contribution in [-0.4, -0.2) is 37.6 Å². The van der Waals surface area contributed by atoms with Gasteiger partial charge < -0.3 is 10.2 Å². The number of hydrogen-bond donors (Lipinski definition) is 1. The van der Waals surface area contributed by atoms with Gasteiger partial charge in [-0.3, -0.25) is 0 Å². The molecule has 1 aliphatic heterocycles. The highest BCUT2D eigenvalue weighted by Crippen LogP contribution is 2.09. The number of hydrogen-bond acceptors (Lipinski definition) is 2. The Morgan fingerprint density at radius 1 is 1.40 bits per heavy atom. The molecule has 2 nitrogen and oxygen atoms in total. The van der Waals surface area contributed by atoms with E-state index in [1.54, 1.807) is 0 Å². The summed E-state index contributed by atoms with van der Waals surface area (Å²) in [7, 11) is 2.23. The van der Waals surface area contributed by atoms with E-state index in [0.29, 0.717) is 0 Å². The first-order valence-electron chi connectivity index (χ1n) is 6.35. The highest BCUT2D eigenvalue weighted by atomic mass is 15.1. The van der Waals surface area contributed by atoms with Crippen molar-refractivity contribution in [2.24, 2.45) is 0 Å². The summed E-state index contributed by atoms with van der Waals surface area (Å²) in [5.41, 5.74) is 0. The second-order valence-electron chi connectivity index (χ2n) is 4.69. The molecule has 0 aromatic rings. The largest absolute Gasteiger partial charge is 0.313 e. The summed E-state index contributed by atoms with van der Waals surface area (Å²) >= 11 is 0. The van der Waals surface area contributed by atoms with Gasteiger partial charge in [0, 0.05) is 12.6 Å². The Balaban J connectivity index is 2.11. The minimum atomic E-state index is 0.723. The van der Waals surface area contributed by atoms with E-state index in [0.717, 1.165) is 12.5 Å². The molecular weight excluding hydrogens is 184 g/mol. The second kappa shape index (κ2) is 7.89. The standard InChI is InChI=1S/C13H26N2/c1-3-4-8-11-15(2)12-13-9-6-5-7-10-14-13/h3,13-14H,1,4-12H2,2H3. The van der Waals surface area contributed by atoms with Gasteiger partial charge in [0.2, 0.25) is 0 Å².